The van der Waals surface area contributed by atoms with Gasteiger partial charge in [-0.05, 0) is 48.7 Å². The lowest BCUT2D eigenvalue weighted by atomic mass is 10.0. The van der Waals surface area contributed by atoms with Gasteiger partial charge >= 0.3 is 5.69 Å². The Balaban J connectivity index is 1.68. The van der Waals surface area contributed by atoms with Crippen molar-refractivity contribution in [2.75, 3.05) is 10.8 Å². The normalized spacial score (nSPS) is 13.8. The van der Waals surface area contributed by atoms with Gasteiger partial charge in [0.15, 0.2) is 5.65 Å². The van der Waals surface area contributed by atoms with Gasteiger partial charge < -0.3 is 5.11 Å². The number of nitrogens with zero attached hydrogens (tertiary/aromatic N) is 3. The number of pyridine rings is 1. The SMILES string of the molecule is O=c1[nH]c(=O)n(-c2cccc(S(=O)(=O)N3CCCc4ccccc43)c2)c2ncc(O)cc12. The van der Waals surface area contributed by atoms with E-state index in [9.17, 15) is 23.1 Å². The number of aromatic hydroxyl groups is 1. The second kappa shape index (κ2) is 7.34. The summed E-state index contributed by atoms with van der Waals surface area (Å²) in [5.41, 5.74) is 0.380. The van der Waals surface area contributed by atoms with Crippen LogP contribution in [0.15, 0.2) is 75.3 Å². The number of aryl methyl sites for hydroxylation is 1. The first-order valence-corrected chi connectivity index (χ1v) is 11.4. The van der Waals surface area contributed by atoms with E-state index in [1.165, 1.54) is 28.6 Å². The number of fused-ring (bicyclic) bond motifs is 2. The van der Waals surface area contributed by atoms with Gasteiger partial charge in [-0.1, -0.05) is 24.3 Å². The molecule has 32 heavy (non-hydrogen) atoms. The highest BCUT2D eigenvalue weighted by Gasteiger charge is 2.29. The van der Waals surface area contributed by atoms with Crippen LogP contribution < -0.4 is 15.6 Å². The molecule has 0 spiro atoms. The molecule has 10 heteroatoms. The van der Waals surface area contributed by atoms with Crippen LogP contribution in [0, 0.1) is 0 Å². The molecule has 2 aromatic heterocycles. The summed E-state index contributed by atoms with van der Waals surface area (Å²) in [6.07, 6.45) is 2.62. The number of para-hydroxylation sites is 1. The third-order valence-electron chi connectivity index (χ3n) is 5.46. The van der Waals surface area contributed by atoms with Crippen molar-refractivity contribution in [1.82, 2.24) is 14.5 Å². The maximum absolute atomic E-state index is 13.5. The van der Waals surface area contributed by atoms with E-state index in [0.29, 0.717) is 18.7 Å². The summed E-state index contributed by atoms with van der Waals surface area (Å²) in [5, 5.41) is 9.68. The predicted molar refractivity (Wildman–Crippen MR) is 119 cm³/mol. The number of hydrogen-bond acceptors (Lipinski definition) is 6. The molecule has 0 amide bonds. The molecule has 9 nitrogen and oxygen atoms in total. The van der Waals surface area contributed by atoms with Crippen molar-refractivity contribution in [1.29, 1.82) is 0 Å². The largest absolute Gasteiger partial charge is 0.506 e. The quantitative estimate of drug-likeness (QED) is 0.491. The molecule has 0 aliphatic carbocycles. The summed E-state index contributed by atoms with van der Waals surface area (Å²) in [4.78, 5) is 31.0. The van der Waals surface area contributed by atoms with Crippen LogP contribution in [0.3, 0.4) is 0 Å². The lowest BCUT2D eigenvalue weighted by molar-refractivity contribution is 0.473. The summed E-state index contributed by atoms with van der Waals surface area (Å²) in [7, 11) is -3.90. The highest BCUT2D eigenvalue weighted by molar-refractivity contribution is 7.92. The zero-order valence-electron chi connectivity index (χ0n) is 16.7. The second-order valence-corrected chi connectivity index (χ2v) is 9.33. The monoisotopic (exact) mass is 450 g/mol. The standard InChI is InChI=1S/C22H18N4O5S/c27-16-12-18-20(23-13-16)26(22(29)24-21(18)28)15-7-3-8-17(11-15)32(30,31)25-10-4-6-14-5-1-2-9-19(14)25/h1-3,5,7-9,11-13,27H,4,6,10H2,(H,24,28,29). The summed E-state index contributed by atoms with van der Waals surface area (Å²) < 4.78 is 29.5. The minimum atomic E-state index is -3.90. The molecule has 1 aliphatic heterocycles. The van der Waals surface area contributed by atoms with E-state index in [0.717, 1.165) is 22.7 Å². The van der Waals surface area contributed by atoms with E-state index in [1.54, 1.807) is 18.2 Å². The molecule has 0 saturated heterocycles. The topological polar surface area (TPSA) is 125 Å². The Morgan fingerprint density at radius 1 is 1.03 bits per heavy atom. The molecule has 4 aromatic rings. The van der Waals surface area contributed by atoms with Crippen molar-refractivity contribution in [2.45, 2.75) is 17.7 Å². The van der Waals surface area contributed by atoms with Crippen LogP contribution >= 0.6 is 0 Å². The number of rotatable bonds is 3. The first-order chi connectivity index (χ1) is 15.4. The molecule has 162 valence electrons. The molecule has 0 bridgehead atoms. The van der Waals surface area contributed by atoms with E-state index < -0.39 is 21.3 Å². The van der Waals surface area contributed by atoms with Gasteiger partial charge in [-0.3, -0.25) is 14.1 Å². The van der Waals surface area contributed by atoms with Gasteiger partial charge in [0, 0.05) is 6.54 Å². The van der Waals surface area contributed by atoms with Gasteiger partial charge in [0.25, 0.3) is 15.6 Å². The number of hydrogen-bond donors (Lipinski definition) is 2. The first kappa shape index (κ1) is 20.0. The summed E-state index contributed by atoms with van der Waals surface area (Å²) in [6.45, 7) is 0.353. The number of benzene rings is 2. The van der Waals surface area contributed by atoms with Crippen LogP contribution in [0.1, 0.15) is 12.0 Å². The van der Waals surface area contributed by atoms with Crippen molar-refractivity contribution in [3.63, 3.8) is 0 Å². The highest BCUT2D eigenvalue weighted by Crippen LogP contribution is 2.32. The average molecular weight is 450 g/mol. The Hall–Kier alpha value is -3.92. The second-order valence-electron chi connectivity index (χ2n) is 7.47. The molecule has 2 aromatic carbocycles. The number of anilines is 1. The number of aromatic amines is 1. The van der Waals surface area contributed by atoms with Crippen LogP contribution in [0.2, 0.25) is 0 Å². The van der Waals surface area contributed by atoms with Crippen molar-refractivity contribution in [3.05, 3.63) is 87.2 Å². The van der Waals surface area contributed by atoms with Crippen LogP contribution in [-0.2, 0) is 16.4 Å². The third kappa shape index (κ3) is 3.16. The number of sulfonamides is 1. The molecular formula is C22H18N4O5S. The van der Waals surface area contributed by atoms with Gasteiger partial charge in [-0.25, -0.2) is 22.8 Å². The van der Waals surface area contributed by atoms with Crippen LogP contribution in [0.25, 0.3) is 16.7 Å². The first-order valence-electron chi connectivity index (χ1n) is 9.91. The van der Waals surface area contributed by atoms with Crippen LogP contribution in [-0.4, -0.2) is 34.6 Å². The van der Waals surface area contributed by atoms with Gasteiger partial charge in [-0.15, -0.1) is 0 Å². The molecular weight excluding hydrogens is 432 g/mol. The summed E-state index contributed by atoms with van der Waals surface area (Å²) in [6, 6.07) is 14.5. The van der Waals surface area contributed by atoms with E-state index >= 15 is 0 Å². The Morgan fingerprint density at radius 3 is 2.69 bits per heavy atom. The predicted octanol–water partition coefficient (Wildman–Crippen LogP) is 1.92. The van der Waals surface area contributed by atoms with Crippen LogP contribution in [0.4, 0.5) is 5.69 Å². The Morgan fingerprint density at radius 2 is 1.84 bits per heavy atom. The average Bonchev–Trinajstić information content (AvgIpc) is 2.79. The fraction of sp³-hybridized carbons (Fsp3) is 0.136. The Bertz CT molecular complexity index is 1590. The molecule has 0 saturated carbocycles. The zero-order valence-corrected chi connectivity index (χ0v) is 17.5. The van der Waals surface area contributed by atoms with Crippen LogP contribution in [0.5, 0.6) is 5.75 Å². The Labute approximate surface area is 182 Å². The lowest BCUT2D eigenvalue weighted by Crippen LogP contribution is -2.35. The summed E-state index contributed by atoms with van der Waals surface area (Å²) >= 11 is 0. The lowest BCUT2D eigenvalue weighted by Gasteiger charge is -2.30. The molecule has 1 aliphatic rings. The highest BCUT2D eigenvalue weighted by atomic mass is 32.2. The minimum Gasteiger partial charge on any atom is -0.506 e. The number of H-pyrrole nitrogens is 1. The Kier molecular flexibility index (Phi) is 4.59. The summed E-state index contributed by atoms with van der Waals surface area (Å²) in [5.74, 6) is -0.228. The van der Waals surface area contributed by atoms with Gasteiger partial charge in [0.1, 0.15) is 5.75 Å². The maximum Gasteiger partial charge on any atom is 0.334 e. The smallest absolute Gasteiger partial charge is 0.334 e. The molecule has 0 atom stereocenters. The fourth-order valence-corrected chi connectivity index (χ4v) is 5.59. The van der Waals surface area contributed by atoms with E-state index in [1.807, 2.05) is 12.1 Å². The van der Waals surface area contributed by atoms with Crippen molar-refractivity contribution >= 4 is 26.7 Å². The molecule has 0 radical (unpaired) electrons. The molecule has 2 N–H and O–H groups in total. The van der Waals surface area contributed by atoms with Crippen molar-refractivity contribution < 1.29 is 13.5 Å². The number of nitrogens with one attached hydrogen (secondary N) is 1. The molecule has 3 heterocycles. The van der Waals surface area contributed by atoms with E-state index in [-0.39, 0.29) is 27.4 Å². The minimum absolute atomic E-state index is 0.00261. The van der Waals surface area contributed by atoms with Crippen molar-refractivity contribution in [3.8, 4) is 11.4 Å². The van der Waals surface area contributed by atoms with E-state index in [2.05, 4.69) is 9.97 Å². The molecule has 0 unspecified atom stereocenters. The molecule has 5 rings (SSSR count). The number of aromatic nitrogens is 3. The zero-order chi connectivity index (χ0) is 22.5. The van der Waals surface area contributed by atoms with Crippen molar-refractivity contribution in [2.24, 2.45) is 0 Å². The van der Waals surface area contributed by atoms with Gasteiger partial charge in [0.2, 0.25) is 0 Å². The van der Waals surface area contributed by atoms with Gasteiger partial charge in [-0.2, -0.15) is 0 Å². The fourth-order valence-electron chi connectivity index (χ4n) is 4.01. The maximum atomic E-state index is 13.5. The van der Waals surface area contributed by atoms with Gasteiger partial charge in [0.05, 0.1) is 27.9 Å². The van der Waals surface area contributed by atoms with E-state index in [4.69, 9.17) is 0 Å². The molecule has 0 fully saturated rings. The third-order valence-corrected chi connectivity index (χ3v) is 7.27.